The van der Waals surface area contributed by atoms with Gasteiger partial charge in [-0.1, -0.05) is 60.7 Å². The van der Waals surface area contributed by atoms with Gasteiger partial charge in [-0.2, -0.15) is 11.8 Å². The zero-order chi connectivity index (χ0) is 25.5. The number of nitrogens with one attached hydrogen (secondary N) is 2. The molecule has 0 aromatic heterocycles. The molecular formula is C24H28N2O8S. The van der Waals surface area contributed by atoms with Gasteiger partial charge in [-0.05, 0) is 11.1 Å². The van der Waals surface area contributed by atoms with Crippen molar-refractivity contribution in [2.75, 3.05) is 25.7 Å². The minimum atomic E-state index is -1.03. The fourth-order valence-electron chi connectivity index (χ4n) is 2.74. The molecule has 0 radical (unpaired) electrons. The van der Waals surface area contributed by atoms with E-state index in [0.29, 0.717) is 0 Å². The number of rotatable bonds is 12. The van der Waals surface area contributed by atoms with Crippen molar-refractivity contribution in [3.8, 4) is 0 Å². The summed E-state index contributed by atoms with van der Waals surface area (Å²) in [4.78, 5) is 48.5. The summed E-state index contributed by atoms with van der Waals surface area (Å²) >= 11 is 1.13. The van der Waals surface area contributed by atoms with E-state index in [-0.39, 0.29) is 24.7 Å². The highest BCUT2D eigenvalue weighted by Crippen LogP contribution is 2.10. The first-order valence-electron chi connectivity index (χ1n) is 10.6. The van der Waals surface area contributed by atoms with Gasteiger partial charge in [0.25, 0.3) is 0 Å². The molecule has 0 aliphatic carbocycles. The Bertz CT molecular complexity index is 881. The summed E-state index contributed by atoms with van der Waals surface area (Å²) in [5.74, 6) is -1.25. The summed E-state index contributed by atoms with van der Waals surface area (Å²) in [6.45, 7) is 0.0697. The lowest BCUT2D eigenvalue weighted by atomic mass is 10.2. The minimum absolute atomic E-state index is 0.0349. The van der Waals surface area contributed by atoms with Crippen LogP contribution in [0.5, 0.6) is 0 Å². The number of alkyl carbamates (subject to hydrolysis) is 2. The molecule has 2 atom stereocenters. The molecule has 2 aromatic rings. The van der Waals surface area contributed by atoms with E-state index in [1.165, 1.54) is 14.2 Å². The molecule has 188 valence electrons. The highest BCUT2D eigenvalue weighted by molar-refractivity contribution is 7.99. The van der Waals surface area contributed by atoms with Crippen molar-refractivity contribution in [2.45, 2.75) is 25.3 Å². The van der Waals surface area contributed by atoms with Gasteiger partial charge >= 0.3 is 24.1 Å². The quantitative estimate of drug-likeness (QED) is 0.331. The molecule has 0 aliphatic rings. The third-order valence-corrected chi connectivity index (χ3v) is 5.69. The Hall–Kier alpha value is -3.73. The molecule has 11 heteroatoms. The van der Waals surface area contributed by atoms with Crippen LogP contribution in [0.15, 0.2) is 60.7 Å². The molecule has 0 spiro atoms. The molecular weight excluding hydrogens is 476 g/mol. The number of ether oxygens (including phenoxy) is 4. The SMILES string of the molecule is COC(=O)C(CSCC(NC(=O)OCc1ccccc1)C(=O)OC)NC(=O)OCc1ccccc1. The van der Waals surface area contributed by atoms with Crippen molar-refractivity contribution in [3.05, 3.63) is 71.8 Å². The van der Waals surface area contributed by atoms with Gasteiger partial charge in [0.2, 0.25) is 0 Å². The highest BCUT2D eigenvalue weighted by Gasteiger charge is 2.26. The van der Waals surface area contributed by atoms with Crippen molar-refractivity contribution in [2.24, 2.45) is 0 Å². The molecule has 0 heterocycles. The molecule has 0 bridgehead atoms. The van der Waals surface area contributed by atoms with Crippen LogP contribution in [-0.2, 0) is 41.8 Å². The number of carbonyl (C=O) groups excluding carboxylic acids is 4. The van der Waals surface area contributed by atoms with Gasteiger partial charge in [0.15, 0.2) is 0 Å². The van der Waals surface area contributed by atoms with E-state index in [0.717, 1.165) is 22.9 Å². The van der Waals surface area contributed by atoms with Crippen LogP contribution in [0.25, 0.3) is 0 Å². The van der Waals surface area contributed by atoms with E-state index in [1.807, 2.05) is 36.4 Å². The number of benzene rings is 2. The fraction of sp³-hybridized carbons (Fsp3) is 0.333. The van der Waals surface area contributed by atoms with Gasteiger partial charge in [0, 0.05) is 11.5 Å². The Morgan fingerprint density at radius 2 is 1.06 bits per heavy atom. The molecule has 2 aromatic carbocycles. The lowest BCUT2D eigenvalue weighted by molar-refractivity contribution is -0.143. The van der Waals surface area contributed by atoms with Crippen molar-refractivity contribution < 1.29 is 38.1 Å². The largest absolute Gasteiger partial charge is 0.467 e. The molecule has 0 fully saturated rings. The topological polar surface area (TPSA) is 129 Å². The molecule has 0 saturated carbocycles. The highest BCUT2D eigenvalue weighted by atomic mass is 32.2. The molecule has 0 saturated heterocycles. The first-order valence-corrected chi connectivity index (χ1v) is 11.8. The number of esters is 2. The predicted molar refractivity (Wildman–Crippen MR) is 128 cm³/mol. The van der Waals surface area contributed by atoms with Gasteiger partial charge < -0.3 is 29.6 Å². The van der Waals surface area contributed by atoms with Gasteiger partial charge in [-0.25, -0.2) is 19.2 Å². The zero-order valence-corrected chi connectivity index (χ0v) is 20.2. The second-order valence-electron chi connectivity index (χ2n) is 7.10. The summed E-state index contributed by atoms with van der Waals surface area (Å²) in [5, 5.41) is 4.90. The normalized spacial score (nSPS) is 11.9. The number of hydrogen-bond acceptors (Lipinski definition) is 9. The molecule has 2 unspecified atom stereocenters. The average molecular weight is 505 g/mol. The number of hydrogen-bond donors (Lipinski definition) is 2. The van der Waals surface area contributed by atoms with Gasteiger partial charge in [0.05, 0.1) is 14.2 Å². The molecule has 35 heavy (non-hydrogen) atoms. The third kappa shape index (κ3) is 10.4. The number of methoxy groups -OCH3 is 2. The molecule has 2 amide bonds. The lowest BCUT2D eigenvalue weighted by Gasteiger charge is -2.19. The second kappa shape index (κ2) is 15.2. The molecule has 2 rings (SSSR count). The van der Waals surface area contributed by atoms with Crippen molar-refractivity contribution in [3.63, 3.8) is 0 Å². The van der Waals surface area contributed by atoms with Crippen LogP contribution >= 0.6 is 11.8 Å². The van der Waals surface area contributed by atoms with Gasteiger partial charge in [0.1, 0.15) is 25.3 Å². The van der Waals surface area contributed by atoms with Crippen molar-refractivity contribution in [1.82, 2.24) is 10.6 Å². The number of amides is 2. The Labute approximate surface area is 207 Å². The monoisotopic (exact) mass is 504 g/mol. The number of carbonyl (C=O) groups is 4. The lowest BCUT2D eigenvalue weighted by Crippen LogP contribution is -2.45. The van der Waals surface area contributed by atoms with E-state index < -0.39 is 36.2 Å². The van der Waals surface area contributed by atoms with Crippen LogP contribution in [0.4, 0.5) is 9.59 Å². The summed E-state index contributed by atoms with van der Waals surface area (Å²) in [5.41, 5.74) is 1.58. The molecule has 0 aliphatic heterocycles. The van der Waals surface area contributed by atoms with Crippen molar-refractivity contribution >= 4 is 35.9 Å². The van der Waals surface area contributed by atoms with Gasteiger partial charge in [-0.15, -0.1) is 0 Å². The average Bonchev–Trinajstić information content (AvgIpc) is 2.89. The van der Waals surface area contributed by atoms with Crippen LogP contribution in [0.2, 0.25) is 0 Å². The van der Waals surface area contributed by atoms with Crippen molar-refractivity contribution in [1.29, 1.82) is 0 Å². The summed E-state index contributed by atoms with van der Waals surface area (Å²) in [7, 11) is 2.39. The molecule has 10 nitrogen and oxygen atoms in total. The van der Waals surface area contributed by atoms with Crippen LogP contribution < -0.4 is 10.6 Å². The fourth-order valence-corrected chi connectivity index (χ4v) is 3.79. The second-order valence-corrected chi connectivity index (χ2v) is 8.18. The van der Waals surface area contributed by atoms with E-state index in [9.17, 15) is 19.2 Å². The van der Waals surface area contributed by atoms with E-state index in [2.05, 4.69) is 10.6 Å². The summed E-state index contributed by atoms with van der Waals surface area (Å²) < 4.78 is 19.7. The summed E-state index contributed by atoms with van der Waals surface area (Å²) in [6, 6.07) is 16.1. The Morgan fingerprint density at radius 1 is 0.686 bits per heavy atom. The van der Waals surface area contributed by atoms with E-state index in [4.69, 9.17) is 18.9 Å². The minimum Gasteiger partial charge on any atom is -0.467 e. The van der Waals surface area contributed by atoms with Crippen LogP contribution in [-0.4, -0.2) is 61.9 Å². The maximum atomic E-state index is 12.1. The number of thioether (sulfide) groups is 1. The Kier molecular flexibility index (Phi) is 12.0. The maximum Gasteiger partial charge on any atom is 0.408 e. The predicted octanol–water partition coefficient (Wildman–Crippen LogP) is 2.66. The van der Waals surface area contributed by atoms with Crippen LogP contribution in [0, 0.1) is 0 Å². The van der Waals surface area contributed by atoms with Gasteiger partial charge in [-0.3, -0.25) is 0 Å². The Balaban J connectivity index is 1.84. The smallest absolute Gasteiger partial charge is 0.408 e. The summed E-state index contributed by atoms with van der Waals surface area (Å²) in [6.07, 6.45) is -1.59. The maximum absolute atomic E-state index is 12.1. The first-order chi connectivity index (χ1) is 16.9. The molecule has 2 N–H and O–H groups in total. The Morgan fingerprint density at radius 3 is 1.40 bits per heavy atom. The third-order valence-electron chi connectivity index (χ3n) is 4.55. The standard InChI is InChI=1S/C24H28N2O8S/c1-31-21(27)19(25-23(29)33-13-17-9-5-3-6-10-17)15-35-16-20(22(28)32-2)26-24(30)34-14-18-11-7-4-8-12-18/h3-12,19-20H,13-16H2,1-2H3,(H,25,29)(H,26,30). The van der Waals surface area contributed by atoms with Crippen LogP contribution in [0.1, 0.15) is 11.1 Å². The zero-order valence-electron chi connectivity index (χ0n) is 19.4. The van der Waals surface area contributed by atoms with E-state index in [1.54, 1.807) is 24.3 Å². The van der Waals surface area contributed by atoms with E-state index >= 15 is 0 Å². The van der Waals surface area contributed by atoms with Crippen LogP contribution in [0.3, 0.4) is 0 Å². The first kappa shape index (κ1) is 27.5.